The first-order chi connectivity index (χ1) is 8.34. The molecule has 0 radical (unpaired) electrons. The summed E-state index contributed by atoms with van der Waals surface area (Å²) in [5, 5.41) is 0. The van der Waals surface area contributed by atoms with Crippen molar-refractivity contribution in [3.8, 4) is 0 Å². The van der Waals surface area contributed by atoms with Gasteiger partial charge in [-0.05, 0) is 29.7 Å². The molecule has 2 heteroatoms. The zero-order valence-corrected chi connectivity index (χ0v) is 10.9. The second-order valence-electron chi connectivity index (χ2n) is 4.21. The van der Waals surface area contributed by atoms with Crippen LogP contribution in [0, 0.1) is 0 Å². The molecule has 17 heavy (non-hydrogen) atoms. The highest BCUT2D eigenvalue weighted by Crippen LogP contribution is 2.38. The molecule has 1 heterocycles. The molecule has 3 rings (SSSR count). The van der Waals surface area contributed by atoms with Crippen LogP contribution in [0.4, 0.5) is 5.69 Å². The Morgan fingerprint density at radius 1 is 1.06 bits per heavy atom. The minimum absolute atomic E-state index is 0.441. The third-order valence-corrected chi connectivity index (χ3v) is 3.63. The second kappa shape index (κ2) is 4.46. The molecule has 0 fully saturated rings. The molecule has 0 N–H and O–H groups in total. The molecule has 0 spiro atoms. The van der Waals surface area contributed by atoms with Crippen molar-refractivity contribution in [1.82, 2.24) is 0 Å². The Labute approximate surface area is 109 Å². The van der Waals surface area contributed by atoms with Crippen LogP contribution >= 0.6 is 15.9 Å². The summed E-state index contributed by atoms with van der Waals surface area (Å²) < 4.78 is 1.09. The van der Waals surface area contributed by atoms with Crippen molar-refractivity contribution in [2.75, 3.05) is 0 Å². The van der Waals surface area contributed by atoms with E-state index in [0.717, 1.165) is 16.6 Å². The first-order valence-corrected chi connectivity index (χ1v) is 6.51. The van der Waals surface area contributed by atoms with Gasteiger partial charge in [0.05, 0.1) is 5.69 Å². The summed E-state index contributed by atoms with van der Waals surface area (Å²) in [7, 11) is 0. The first kappa shape index (κ1) is 10.7. The highest BCUT2D eigenvalue weighted by molar-refractivity contribution is 9.10. The van der Waals surface area contributed by atoms with Gasteiger partial charge in [-0.2, -0.15) is 0 Å². The quantitative estimate of drug-likeness (QED) is 0.721. The van der Waals surface area contributed by atoms with E-state index in [-0.39, 0.29) is 0 Å². The topological polar surface area (TPSA) is 12.4 Å². The lowest BCUT2D eigenvalue weighted by Gasteiger charge is -2.21. The lowest BCUT2D eigenvalue weighted by Crippen LogP contribution is -2.05. The van der Waals surface area contributed by atoms with Gasteiger partial charge in [0.15, 0.2) is 0 Å². The predicted molar refractivity (Wildman–Crippen MR) is 75.2 cm³/mol. The summed E-state index contributed by atoms with van der Waals surface area (Å²) in [5.74, 6) is 0.441. The van der Waals surface area contributed by atoms with Crippen molar-refractivity contribution in [3.05, 3.63) is 64.1 Å². The van der Waals surface area contributed by atoms with Gasteiger partial charge >= 0.3 is 0 Å². The van der Waals surface area contributed by atoms with Crippen molar-refractivity contribution >= 4 is 27.8 Å². The van der Waals surface area contributed by atoms with Gasteiger partial charge in [-0.3, -0.25) is 4.99 Å². The second-order valence-corrected chi connectivity index (χ2v) is 5.13. The molecule has 1 aliphatic heterocycles. The largest absolute Gasteiger partial charge is 0.261 e. The molecule has 1 unspecified atom stereocenters. The van der Waals surface area contributed by atoms with E-state index in [2.05, 4.69) is 69.5 Å². The summed E-state index contributed by atoms with van der Waals surface area (Å²) in [6.07, 6.45) is 3.01. The number of rotatable bonds is 1. The molecular formula is C15H12BrN. The lowest BCUT2D eigenvalue weighted by atomic mass is 9.86. The number of fused-ring (bicyclic) bond motifs is 1. The average molecular weight is 286 g/mol. The molecule has 0 saturated carbocycles. The monoisotopic (exact) mass is 285 g/mol. The molecule has 0 amide bonds. The highest BCUT2D eigenvalue weighted by atomic mass is 79.9. The maximum Gasteiger partial charge on any atom is 0.0675 e. The van der Waals surface area contributed by atoms with E-state index >= 15 is 0 Å². The third kappa shape index (κ3) is 2.05. The van der Waals surface area contributed by atoms with Gasteiger partial charge in [-0.15, -0.1) is 0 Å². The van der Waals surface area contributed by atoms with Crippen molar-refractivity contribution < 1.29 is 0 Å². The number of hydrogen-bond acceptors (Lipinski definition) is 1. The number of halogens is 1. The van der Waals surface area contributed by atoms with Gasteiger partial charge in [0.1, 0.15) is 0 Å². The molecule has 1 atom stereocenters. The van der Waals surface area contributed by atoms with Gasteiger partial charge < -0.3 is 0 Å². The Bertz CT molecular complexity index is 560. The molecule has 84 valence electrons. The Kier molecular flexibility index (Phi) is 2.81. The van der Waals surface area contributed by atoms with Crippen LogP contribution in [0.15, 0.2) is 58.0 Å². The van der Waals surface area contributed by atoms with E-state index in [1.165, 1.54) is 11.1 Å². The molecule has 1 aliphatic rings. The van der Waals surface area contributed by atoms with Crippen molar-refractivity contribution in [3.63, 3.8) is 0 Å². The van der Waals surface area contributed by atoms with Crippen molar-refractivity contribution in [2.24, 2.45) is 4.99 Å². The Morgan fingerprint density at radius 2 is 1.88 bits per heavy atom. The zero-order valence-electron chi connectivity index (χ0n) is 9.31. The SMILES string of the molecule is Brc1ccc2c(c1)N=CCC2c1ccccc1. The minimum atomic E-state index is 0.441. The van der Waals surface area contributed by atoms with Crippen LogP contribution in [0.5, 0.6) is 0 Å². The summed E-state index contributed by atoms with van der Waals surface area (Å²) in [4.78, 5) is 4.47. The fourth-order valence-corrected chi connectivity index (χ4v) is 2.66. The number of aliphatic imine (C=N–C) groups is 1. The van der Waals surface area contributed by atoms with Crippen molar-refractivity contribution in [1.29, 1.82) is 0 Å². The standard InChI is InChI=1S/C15H12BrN/c16-12-6-7-14-13(8-9-17-15(14)10-12)11-4-2-1-3-5-11/h1-7,9-10,13H,8H2. The lowest BCUT2D eigenvalue weighted by molar-refractivity contribution is 0.851. The molecular weight excluding hydrogens is 274 g/mol. The van der Waals surface area contributed by atoms with Crippen LogP contribution in [-0.2, 0) is 0 Å². The maximum atomic E-state index is 4.47. The van der Waals surface area contributed by atoms with Gasteiger partial charge in [0, 0.05) is 16.6 Å². The van der Waals surface area contributed by atoms with Gasteiger partial charge in [-0.1, -0.05) is 52.3 Å². The van der Waals surface area contributed by atoms with Gasteiger partial charge in [0.25, 0.3) is 0 Å². The molecule has 2 aromatic carbocycles. The smallest absolute Gasteiger partial charge is 0.0675 e. The van der Waals surface area contributed by atoms with Crippen LogP contribution in [0.3, 0.4) is 0 Å². The number of hydrogen-bond donors (Lipinski definition) is 0. The van der Waals surface area contributed by atoms with Crippen molar-refractivity contribution in [2.45, 2.75) is 12.3 Å². The van der Waals surface area contributed by atoms with E-state index in [0.29, 0.717) is 5.92 Å². The molecule has 0 aliphatic carbocycles. The summed E-state index contributed by atoms with van der Waals surface area (Å²) in [6, 6.07) is 17.0. The number of benzene rings is 2. The van der Waals surface area contributed by atoms with Crippen LogP contribution in [0.2, 0.25) is 0 Å². The molecule has 0 aromatic heterocycles. The van der Waals surface area contributed by atoms with Gasteiger partial charge in [-0.25, -0.2) is 0 Å². The Morgan fingerprint density at radius 3 is 2.71 bits per heavy atom. The van der Waals surface area contributed by atoms with Crippen LogP contribution in [-0.4, -0.2) is 6.21 Å². The first-order valence-electron chi connectivity index (χ1n) is 5.71. The normalized spacial score (nSPS) is 17.8. The predicted octanol–water partition coefficient (Wildman–Crippen LogP) is 4.69. The third-order valence-electron chi connectivity index (χ3n) is 3.14. The van der Waals surface area contributed by atoms with E-state index in [4.69, 9.17) is 0 Å². The Balaban J connectivity index is 2.09. The number of nitrogens with zero attached hydrogens (tertiary/aromatic N) is 1. The summed E-state index contributed by atoms with van der Waals surface area (Å²) in [5.41, 5.74) is 3.77. The highest BCUT2D eigenvalue weighted by Gasteiger charge is 2.19. The molecule has 1 nitrogen and oxygen atoms in total. The fourth-order valence-electron chi connectivity index (χ4n) is 2.31. The fraction of sp³-hybridized carbons (Fsp3) is 0.133. The van der Waals surface area contributed by atoms with Gasteiger partial charge in [0.2, 0.25) is 0 Å². The van der Waals surface area contributed by atoms with E-state index < -0.39 is 0 Å². The Hall–Kier alpha value is -1.41. The molecule has 2 aromatic rings. The zero-order chi connectivity index (χ0) is 11.7. The van der Waals surface area contributed by atoms with Crippen LogP contribution in [0.1, 0.15) is 23.5 Å². The molecule has 0 saturated heterocycles. The van der Waals surface area contributed by atoms with Crippen LogP contribution in [0.25, 0.3) is 0 Å². The summed E-state index contributed by atoms with van der Waals surface area (Å²) >= 11 is 3.49. The molecule has 0 bridgehead atoms. The van der Waals surface area contributed by atoms with Crippen LogP contribution < -0.4 is 0 Å². The maximum absolute atomic E-state index is 4.47. The average Bonchev–Trinajstić information content (AvgIpc) is 2.39. The summed E-state index contributed by atoms with van der Waals surface area (Å²) in [6.45, 7) is 0. The van der Waals surface area contributed by atoms with E-state index in [9.17, 15) is 0 Å². The minimum Gasteiger partial charge on any atom is -0.261 e. The van der Waals surface area contributed by atoms with E-state index in [1.54, 1.807) is 0 Å². The van der Waals surface area contributed by atoms with E-state index in [1.807, 2.05) is 6.21 Å².